The van der Waals surface area contributed by atoms with Gasteiger partial charge in [0, 0.05) is 0 Å². The molecule has 0 unspecified atom stereocenters. The van der Waals surface area contributed by atoms with Crippen molar-refractivity contribution in [2.75, 3.05) is 0 Å². The quantitative estimate of drug-likeness (QED) is 0.315. The summed E-state index contributed by atoms with van der Waals surface area (Å²) in [6.07, 6.45) is 0. The Morgan fingerprint density at radius 3 is 1.10 bits per heavy atom. The molecule has 0 fully saturated rings. The molecule has 0 atom stereocenters. The first-order valence-electron chi connectivity index (χ1n) is 3.48. The van der Waals surface area contributed by atoms with Crippen LogP contribution in [0.1, 0.15) is 0 Å². The lowest BCUT2D eigenvalue weighted by atomic mass is 9.17. The predicted octanol–water partition coefficient (Wildman–Crippen LogP) is -3.14. The van der Waals surface area contributed by atoms with Gasteiger partial charge >= 0.3 is 0 Å². The zero-order valence-corrected chi connectivity index (χ0v) is 5.46. The van der Waals surface area contributed by atoms with E-state index in [1.54, 1.807) is 0 Å². The summed E-state index contributed by atoms with van der Waals surface area (Å²) in [4.78, 5) is 0. The highest BCUT2D eigenvalue weighted by molar-refractivity contribution is 7.25. The predicted molar refractivity (Wildman–Crippen MR) is 48.0 cm³/mol. The first-order valence-corrected chi connectivity index (χ1v) is 3.48. The maximum absolute atomic E-state index is 2.24. The van der Waals surface area contributed by atoms with Gasteiger partial charge in [0.25, 0.3) is 0 Å². The van der Waals surface area contributed by atoms with E-state index < -0.39 is 0 Å². The van der Waals surface area contributed by atoms with E-state index in [2.05, 4.69) is 40.8 Å². The van der Waals surface area contributed by atoms with Crippen molar-refractivity contribution in [2.24, 2.45) is 0 Å². The number of fused-ring (bicyclic) bond motifs is 2. The molecular formula is C6H2B4. The van der Waals surface area contributed by atoms with Crippen molar-refractivity contribution in [3.05, 3.63) is 12.1 Å². The van der Waals surface area contributed by atoms with Gasteiger partial charge < -0.3 is 0 Å². The van der Waals surface area contributed by atoms with Gasteiger partial charge in [0.2, 0.25) is 0 Å². The van der Waals surface area contributed by atoms with Gasteiger partial charge in [-0.05, 0) is 0 Å². The number of rotatable bonds is 0. The first kappa shape index (κ1) is 5.17. The van der Waals surface area contributed by atoms with Crippen LogP contribution in [-0.2, 0) is 0 Å². The third kappa shape index (κ3) is 0.484. The molecule has 2 aliphatic heterocycles. The Labute approximate surface area is 63.3 Å². The fourth-order valence-electron chi connectivity index (χ4n) is 1.41. The van der Waals surface area contributed by atoms with Crippen molar-refractivity contribution in [1.82, 2.24) is 0 Å². The van der Waals surface area contributed by atoms with Gasteiger partial charge in [-0.1, -0.05) is 12.1 Å². The molecule has 0 bridgehead atoms. The van der Waals surface area contributed by atoms with Gasteiger partial charge in [-0.3, -0.25) is 0 Å². The molecule has 1 aromatic carbocycles. The Balaban J connectivity index is 2.29. The molecule has 3 rings (SSSR count). The van der Waals surface area contributed by atoms with Crippen LogP contribution in [0.25, 0.3) is 0 Å². The molecule has 4 radical (unpaired) electrons. The average molecular weight is 117 g/mol. The van der Waals surface area contributed by atoms with E-state index in [1.807, 2.05) is 0 Å². The summed E-state index contributed by atoms with van der Waals surface area (Å²) >= 11 is 0. The van der Waals surface area contributed by atoms with E-state index in [4.69, 9.17) is 0 Å². The summed E-state index contributed by atoms with van der Waals surface area (Å²) in [5.74, 6) is 0. The minimum absolute atomic E-state index is 1.39. The van der Waals surface area contributed by atoms with Gasteiger partial charge in [0.15, 0.2) is 0 Å². The molecule has 0 aromatic heterocycles. The van der Waals surface area contributed by atoms with Gasteiger partial charge in [0.05, 0.1) is 0 Å². The number of hydrogen-bond acceptors (Lipinski definition) is 0. The van der Waals surface area contributed by atoms with Crippen LogP contribution in [0.3, 0.4) is 0 Å². The molecule has 0 saturated carbocycles. The van der Waals surface area contributed by atoms with Crippen molar-refractivity contribution in [1.29, 1.82) is 0 Å². The fourth-order valence-corrected chi connectivity index (χ4v) is 1.41. The first-order chi connectivity index (χ1) is 4.93. The van der Waals surface area contributed by atoms with Gasteiger partial charge in [-0.25, -0.2) is 0 Å². The molecule has 1 aromatic rings. The van der Waals surface area contributed by atoms with Crippen molar-refractivity contribution in [2.45, 2.75) is 0 Å². The molecule has 0 N–H and O–H groups in total. The Morgan fingerprint density at radius 2 is 0.900 bits per heavy atom. The third-order valence-corrected chi connectivity index (χ3v) is 2.17. The van der Waals surface area contributed by atoms with E-state index in [-0.39, 0.29) is 0 Å². The van der Waals surface area contributed by atoms with E-state index in [0.29, 0.717) is 0 Å². The standard InChI is InChI=1S/C6H2B4/c1-3-5(9-7-3)2-6-4(1)8-10-6/h1-2H. The van der Waals surface area contributed by atoms with Crippen molar-refractivity contribution < 1.29 is 0 Å². The van der Waals surface area contributed by atoms with Crippen LogP contribution in [0.5, 0.6) is 0 Å². The molecule has 0 amide bonds. The van der Waals surface area contributed by atoms with Crippen LogP contribution in [0.2, 0.25) is 0 Å². The molecule has 0 nitrogen and oxygen atoms in total. The molecule has 2 heterocycles. The SMILES string of the molecule is [B]1[B]c2cc3c(cc21)[B][B]3. The second kappa shape index (κ2) is 1.55. The number of hydrogen-bond donors (Lipinski definition) is 0. The second-order valence-electron chi connectivity index (χ2n) is 2.78. The van der Waals surface area contributed by atoms with E-state index in [9.17, 15) is 0 Å². The van der Waals surface area contributed by atoms with Crippen molar-refractivity contribution in [3.63, 3.8) is 0 Å². The van der Waals surface area contributed by atoms with E-state index >= 15 is 0 Å². The highest BCUT2D eigenvalue weighted by Crippen LogP contribution is 1.87. The Bertz CT molecular complexity index is 249. The lowest BCUT2D eigenvalue weighted by Crippen LogP contribution is -2.63. The summed E-state index contributed by atoms with van der Waals surface area (Å²) < 4.78 is 0. The average Bonchev–Trinajstić information content (AvgIpc) is 1.82. The van der Waals surface area contributed by atoms with Crippen molar-refractivity contribution in [3.8, 4) is 0 Å². The zero-order chi connectivity index (χ0) is 6.55. The van der Waals surface area contributed by atoms with Crippen molar-refractivity contribution >= 4 is 50.5 Å². The molecule has 4 heteroatoms. The minimum atomic E-state index is 1.39. The summed E-state index contributed by atoms with van der Waals surface area (Å²) in [5, 5.41) is 0. The zero-order valence-electron chi connectivity index (χ0n) is 5.46. The number of benzene rings is 1. The van der Waals surface area contributed by atoms with E-state index in [0.717, 1.165) is 0 Å². The smallest absolute Gasteiger partial charge is 0.104 e. The Hall–Kier alpha value is -0.520. The lowest BCUT2D eigenvalue weighted by Gasteiger charge is -2.26. The minimum Gasteiger partial charge on any atom is -0.104 e. The summed E-state index contributed by atoms with van der Waals surface area (Å²) in [6, 6.07) is 4.48. The maximum Gasteiger partial charge on any atom is 0.112 e. The second-order valence-corrected chi connectivity index (χ2v) is 2.78. The molecular weight excluding hydrogens is 115 g/mol. The Kier molecular flexibility index (Phi) is 0.803. The van der Waals surface area contributed by atoms with Crippen LogP contribution in [0.4, 0.5) is 0 Å². The summed E-state index contributed by atoms with van der Waals surface area (Å²) in [7, 11) is 8.62. The fraction of sp³-hybridized carbons (Fsp3) is 0. The highest BCUT2D eigenvalue weighted by Gasteiger charge is 2.21. The van der Waals surface area contributed by atoms with Crippen LogP contribution >= 0.6 is 0 Å². The Morgan fingerprint density at radius 1 is 0.600 bits per heavy atom. The van der Waals surface area contributed by atoms with Crippen LogP contribution < -0.4 is 21.9 Å². The largest absolute Gasteiger partial charge is 0.112 e. The van der Waals surface area contributed by atoms with Gasteiger partial charge in [0.1, 0.15) is 28.7 Å². The molecule has 0 saturated heterocycles. The molecule has 10 heavy (non-hydrogen) atoms. The summed E-state index contributed by atoms with van der Waals surface area (Å²) in [6.45, 7) is 0. The normalized spacial score (nSPS) is 15.2. The molecule has 38 valence electrons. The van der Waals surface area contributed by atoms with Gasteiger partial charge in [-0.15, -0.1) is 21.9 Å². The lowest BCUT2D eigenvalue weighted by molar-refractivity contribution is 1.93. The topological polar surface area (TPSA) is 0 Å². The molecule has 2 aliphatic rings. The van der Waals surface area contributed by atoms with E-state index in [1.165, 1.54) is 21.9 Å². The molecule has 0 aliphatic carbocycles. The molecule has 0 spiro atoms. The maximum atomic E-state index is 2.24. The summed E-state index contributed by atoms with van der Waals surface area (Å²) in [5.41, 5.74) is 5.57. The van der Waals surface area contributed by atoms with Gasteiger partial charge in [-0.2, -0.15) is 0 Å². The third-order valence-electron chi connectivity index (χ3n) is 2.17. The van der Waals surface area contributed by atoms with Crippen LogP contribution in [0.15, 0.2) is 12.1 Å². The monoisotopic (exact) mass is 118 g/mol. The highest BCUT2D eigenvalue weighted by atomic mass is 14.0. The van der Waals surface area contributed by atoms with Crippen LogP contribution in [0, 0.1) is 0 Å². The van der Waals surface area contributed by atoms with Crippen LogP contribution in [-0.4, -0.2) is 28.7 Å².